The summed E-state index contributed by atoms with van der Waals surface area (Å²) in [5, 5.41) is 0. The summed E-state index contributed by atoms with van der Waals surface area (Å²) in [6, 6.07) is 18.8. The van der Waals surface area contributed by atoms with Crippen LogP contribution in [0.1, 0.15) is 36.1 Å². The van der Waals surface area contributed by atoms with Crippen molar-refractivity contribution in [1.29, 1.82) is 0 Å². The van der Waals surface area contributed by atoms with E-state index < -0.39 is 12.0 Å². The molecule has 7 nitrogen and oxygen atoms in total. The molecule has 3 aromatic carbocycles. The van der Waals surface area contributed by atoms with E-state index in [9.17, 15) is 14.0 Å². The van der Waals surface area contributed by atoms with Crippen LogP contribution >= 0.6 is 33.9 Å². The highest BCUT2D eigenvalue weighted by atomic mass is 127. The van der Waals surface area contributed by atoms with Crippen molar-refractivity contribution in [3.63, 3.8) is 0 Å². The van der Waals surface area contributed by atoms with Crippen LogP contribution in [0.3, 0.4) is 0 Å². The van der Waals surface area contributed by atoms with Crippen LogP contribution in [-0.4, -0.2) is 24.8 Å². The van der Waals surface area contributed by atoms with Crippen molar-refractivity contribution >= 4 is 46.0 Å². The van der Waals surface area contributed by atoms with Gasteiger partial charge in [0.25, 0.3) is 5.56 Å². The van der Waals surface area contributed by atoms with Gasteiger partial charge in [-0.15, -0.1) is 0 Å². The molecule has 0 aliphatic carbocycles. The van der Waals surface area contributed by atoms with Gasteiger partial charge in [-0.25, -0.2) is 14.2 Å². The van der Waals surface area contributed by atoms with Crippen LogP contribution in [-0.2, 0) is 16.1 Å². The largest absolute Gasteiger partial charge is 0.493 e. The third-order valence-corrected chi connectivity index (χ3v) is 8.43. The predicted molar refractivity (Wildman–Crippen MR) is 163 cm³/mol. The smallest absolute Gasteiger partial charge is 0.338 e. The van der Waals surface area contributed by atoms with E-state index in [0.29, 0.717) is 49.7 Å². The van der Waals surface area contributed by atoms with Gasteiger partial charge in [0, 0.05) is 5.56 Å². The van der Waals surface area contributed by atoms with Gasteiger partial charge < -0.3 is 14.2 Å². The molecular formula is C31H26FIN2O5S. The standard InChI is InChI=1S/C31H26FIN2O5S/c1-4-23-26(30(37)39-3)27(19-10-6-5-7-11-19)35-29(36)25(41-31(35)34-23)16-18-14-22(33)28(24(15-18)38-2)40-17-20-12-8-9-13-21(20)32/h5-16,27H,4,17H2,1-3H3/b25-16-/t27-/m1/s1. The molecule has 210 valence electrons. The minimum Gasteiger partial charge on any atom is -0.493 e. The first-order valence-corrected chi connectivity index (χ1v) is 14.7. The summed E-state index contributed by atoms with van der Waals surface area (Å²) in [7, 11) is 2.86. The molecule has 4 aromatic rings. The maximum atomic E-state index is 14.1. The Labute approximate surface area is 253 Å². The van der Waals surface area contributed by atoms with Gasteiger partial charge in [-0.05, 0) is 64.4 Å². The van der Waals surface area contributed by atoms with E-state index in [1.54, 1.807) is 34.9 Å². The Balaban J connectivity index is 1.59. The lowest BCUT2D eigenvalue weighted by molar-refractivity contribution is -0.136. The molecule has 2 heterocycles. The number of esters is 1. The molecule has 0 unspecified atom stereocenters. The molecule has 0 fully saturated rings. The van der Waals surface area contributed by atoms with E-state index in [1.165, 1.54) is 31.6 Å². The van der Waals surface area contributed by atoms with Gasteiger partial charge in [-0.1, -0.05) is 66.8 Å². The second-order valence-corrected chi connectivity index (χ2v) is 11.3. The van der Waals surface area contributed by atoms with Gasteiger partial charge in [-0.3, -0.25) is 9.36 Å². The molecule has 1 aliphatic heterocycles. The van der Waals surface area contributed by atoms with Crippen molar-refractivity contribution in [2.45, 2.75) is 26.0 Å². The molecule has 1 atom stereocenters. The first kappa shape index (κ1) is 28.7. The highest BCUT2D eigenvalue weighted by Gasteiger charge is 2.33. The minimum atomic E-state index is -0.666. The molecule has 0 spiro atoms. The Morgan fingerprint density at radius 2 is 1.85 bits per heavy atom. The van der Waals surface area contributed by atoms with Gasteiger partial charge in [0.05, 0.1) is 39.6 Å². The van der Waals surface area contributed by atoms with Gasteiger partial charge in [0.2, 0.25) is 0 Å². The van der Waals surface area contributed by atoms with Gasteiger partial charge in [-0.2, -0.15) is 0 Å². The summed E-state index contributed by atoms with van der Waals surface area (Å²) in [6.07, 6.45) is 2.27. The number of fused-ring (bicyclic) bond motifs is 1. The summed E-state index contributed by atoms with van der Waals surface area (Å²) < 4.78 is 33.5. The molecule has 0 bridgehead atoms. The Morgan fingerprint density at radius 3 is 2.54 bits per heavy atom. The Kier molecular flexibility index (Phi) is 8.69. The van der Waals surface area contributed by atoms with E-state index in [2.05, 4.69) is 22.6 Å². The molecule has 0 N–H and O–H groups in total. The van der Waals surface area contributed by atoms with Crippen LogP contribution < -0.4 is 24.4 Å². The van der Waals surface area contributed by atoms with E-state index >= 15 is 0 Å². The van der Waals surface area contributed by atoms with E-state index in [0.717, 1.165) is 9.13 Å². The topological polar surface area (TPSA) is 79.1 Å². The molecule has 1 aliphatic rings. The first-order valence-electron chi connectivity index (χ1n) is 12.8. The Hall–Kier alpha value is -3.77. The van der Waals surface area contributed by atoms with Gasteiger partial charge >= 0.3 is 5.97 Å². The summed E-state index contributed by atoms with van der Waals surface area (Å²) in [5.41, 5.74) is 2.61. The molecule has 41 heavy (non-hydrogen) atoms. The number of carbonyl (C=O) groups is 1. The maximum Gasteiger partial charge on any atom is 0.338 e. The first-order chi connectivity index (χ1) is 19.9. The van der Waals surface area contributed by atoms with Crippen molar-refractivity contribution in [3.8, 4) is 11.5 Å². The second-order valence-electron chi connectivity index (χ2n) is 9.11. The molecule has 5 rings (SSSR count). The number of benzene rings is 3. The fourth-order valence-electron chi connectivity index (χ4n) is 4.69. The van der Waals surface area contributed by atoms with Crippen molar-refractivity contribution in [1.82, 2.24) is 4.57 Å². The van der Waals surface area contributed by atoms with Crippen LogP contribution in [0.5, 0.6) is 11.5 Å². The summed E-state index contributed by atoms with van der Waals surface area (Å²) in [6.45, 7) is 1.96. The lowest BCUT2D eigenvalue weighted by Crippen LogP contribution is -2.40. The zero-order chi connectivity index (χ0) is 29.1. The van der Waals surface area contributed by atoms with Crippen LogP contribution in [0.15, 0.2) is 87.8 Å². The number of allylic oxidation sites excluding steroid dienone is 1. The Bertz CT molecular complexity index is 1830. The summed E-state index contributed by atoms with van der Waals surface area (Å²) >= 11 is 3.39. The van der Waals surface area contributed by atoms with Crippen LogP contribution in [0.25, 0.3) is 6.08 Å². The number of rotatable bonds is 8. The van der Waals surface area contributed by atoms with Crippen LogP contribution in [0.4, 0.5) is 4.39 Å². The molecule has 0 saturated heterocycles. The van der Waals surface area contributed by atoms with Crippen molar-refractivity contribution < 1.29 is 23.4 Å². The summed E-state index contributed by atoms with van der Waals surface area (Å²) in [4.78, 5) is 32.0. The summed E-state index contributed by atoms with van der Waals surface area (Å²) in [5.74, 6) is 0.0767. The number of aromatic nitrogens is 1. The van der Waals surface area contributed by atoms with Crippen molar-refractivity contribution in [2.24, 2.45) is 4.99 Å². The quantitative estimate of drug-likeness (QED) is 0.190. The number of hydrogen-bond donors (Lipinski definition) is 0. The number of nitrogens with zero attached hydrogens (tertiary/aromatic N) is 2. The third-order valence-electron chi connectivity index (χ3n) is 6.64. The van der Waals surface area contributed by atoms with Crippen molar-refractivity contribution in [2.75, 3.05) is 14.2 Å². The molecule has 1 aromatic heterocycles. The van der Waals surface area contributed by atoms with Gasteiger partial charge in [0.15, 0.2) is 16.3 Å². The van der Waals surface area contributed by atoms with Crippen molar-refractivity contribution in [3.05, 3.63) is 124 Å². The number of halogens is 2. The monoisotopic (exact) mass is 684 g/mol. The maximum absolute atomic E-state index is 14.1. The average molecular weight is 685 g/mol. The molecular weight excluding hydrogens is 658 g/mol. The van der Waals surface area contributed by atoms with E-state index in [1.807, 2.05) is 43.3 Å². The predicted octanol–water partition coefficient (Wildman–Crippen LogP) is 5.13. The van der Waals surface area contributed by atoms with E-state index in [-0.39, 0.29) is 18.0 Å². The third kappa shape index (κ3) is 5.71. The molecule has 0 radical (unpaired) electrons. The molecule has 0 saturated carbocycles. The molecule has 10 heteroatoms. The van der Waals surface area contributed by atoms with Crippen LogP contribution in [0.2, 0.25) is 0 Å². The van der Waals surface area contributed by atoms with E-state index in [4.69, 9.17) is 19.2 Å². The fraction of sp³-hybridized carbons (Fsp3) is 0.194. The lowest BCUT2D eigenvalue weighted by atomic mass is 9.95. The average Bonchev–Trinajstić information content (AvgIpc) is 3.30. The second kappa shape index (κ2) is 12.4. The highest BCUT2D eigenvalue weighted by Crippen LogP contribution is 2.35. The zero-order valence-corrected chi connectivity index (χ0v) is 25.5. The fourth-order valence-corrected chi connectivity index (χ4v) is 6.50. The zero-order valence-electron chi connectivity index (χ0n) is 22.5. The number of thiazole rings is 1. The molecule has 0 amide bonds. The number of hydrogen-bond acceptors (Lipinski definition) is 7. The minimum absolute atomic E-state index is 0.0404. The normalized spacial score (nSPS) is 14.9. The number of methoxy groups -OCH3 is 2. The highest BCUT2D eigenvalue weighted by molar-refractivity contribution is 14.1. The Morgan fingerprint density at radius 1 is 1.12 bits per heavy atom. The van der Waals surface area contributed by atoms with Crippen LogP contribution in [0, 0.1) is 9.39 Å². The lowest BCUT2D eigenvalue weighted by Gasteiger charge is -2.25. The number of carbonyl (C=O) groups excluding carboxylic acids is 1. The SMILES string of the molecule is CCC1=C(C(=O)OC)[C@@H](c2ccccc2)n2c(s/c(=C\c3cc(I)c(OCc4ccccc4F)c(OC)c3)c2=O)=N1. The van der Waals surface area contributed by atoms with Gasteiger partial charge in [0.1, 0.15) is 12.4 Å². The number of ether oxygens (including phenoxy) is 3.